The molecule has 2 aromatic carbocycles. The number of anilines is 1. The molecule has 0 saturated carbocycles. The van der Waals surface area contributed by atoms with Crippen molar-refractivity contribution in [2.75, 3.05) is 5.32 Å². The van der Waals surface area contributed by atoms with Gasteiger partial charge in [0.2, 0.25) is 5.91 Å². The second-order valence-electron chi connectivity index (χ2n) is 5.42. The van der Waals surface area contributed by atoms with E-state index in [0.29, 0.717) is 17.7 Å². The van der Waals surface area contributed by atoms with Crippen LogP contribution in [0.5, 0.6) is 0 Å². The van der Waals surface area contributed by atoms with Crippen molar-refractivity contribution in [1.82, 2.24) is 5.32 Å². The van der Waals surface area contributed by atoms with E-state index in [1.54, 1.807) is 24.3 Å². The summed E-state index contributed by atoms with van der Waals surface area (Å²) in [7, 11) is 0. The van der Waals surface area contributed by atoms with E-state index >= 15 is 0 Å². The highest BCUT2D eigenvalue weighted by atomic mass is 16.2. The van der Waals surface area contributed by atoms with E-state index in [1.165, 1.54) is 0 Å². The van der Waals surface area contributed by atoms with E-state index < -0.39 is 0 Å². The van der Waals surface area contributed by atoms with Gasteiger partial charge in [-0.1, -0.05) is 36.4 Å². The Balaban J connectivity index is 2.01. The fourth-order valence-electron chi connectivity index (χ4n) is 2.07. The van der Waals surface area contributed by atoms with Crippen molar-refractivity contribution >= 4 is 17.5 Å². The van der Waals surface area contributed by atoms with Crippen LogP contribution >= 0.6 is 0 Å². The summed E-state index contributed by atoms with van der Waals surface area (Å²) in [6.45, 7) is 3.81. The van der Waals surface area contributed by atoms with Gasteiger partial charge >= 0.3 is 0 Å². The normalized spacial score (nSPS) is 10.3. The number of hydrogen-bond acceptors (Lipinski definition) is 2. The Bertz CT molecular complexity index is 651. The quantitative estimate of drug-likeness (QED) is 0.891. The van der Waals surface area contributed by atoms with Crippen LogP contribution in [0.1, 0.15) is 29.8 Å². The summed E-state index contributed by atoms with van der Waals surface area (Å²) in [6.07, 6.45) is 0.309. The smallest absolute Gasteiger partial charge is 0.251 e. The van der Waals surface area contributed by atoms with E-state index in [0.717, 1.165) is 5.56 Å². The third kappa shape index (κ3) is 4.74. The lowest BCUT2D eigenvalue weighted by Gasteiger charge is -2.10. The van der Waals surface area contributed by atoms with Gasteiger partial charge in [0.25, 0.3) is 5.91 Å². The Kier molecular flexibility index (Phi) is 5.31. The van der Waals surface area contributed by atoms with Gasteiger partial charge < -0.3 is 10.6 Å². The molecule has 2 amide bonds. The van der Waals surface area contributed by atoms with Crippen LogP contribution in [0.4, 0.5) is 5.69 Å². The van der Waals surface area contributed by atoms with Crippen molar-refractivity contribution in [3.05, 3.63) is 65.7 Å². The second kappa shape index (κ2) is 7.41. The summed E-state index contributed by atoms with van der Waals surface area (Å²) in [4.78, 5) is 24.0. The molecule has 22 heavy (non-hydrogen) atoms. The summed E-state index contributed by atoms with van der Waals surface area (Å²) < 4.78 is 0. The molecule has 114 valence electrons. The van der Waals surface area contributed by atoms with Crippen LogP contribution in [0.3, 0.4) is 0 Å². The first-order valence-corrected chi connectivity index (χ1v) is 7.29. The van der Waals surface area contributed by atoms with Gasteiger partial charge in [-0.15, -0.1) is 0 Å². The zero-order valence-corrected chi connectivity index (χ0v) is 12.8. The molecule has 0 radical (unpaired) electrons. The minimum absolute atomic E-state index is 0.0730. The van der Waals surface area contributed by atoms with E-state index in [2.05, 4.69) is 10.6 Å². The monoisotopic (exact) mass is 296 g/mol. The molecule has 0 aliphatic carbocycles. The van der Waals surface area contributed by atoms with Crippen molar-refractivity contribution in [1.29, 1.82) is 0 Å². The summed E-state index contributed by atoms with van der Waals surface area (Å²) >= 11 is 0. The Morgan fingerprint density at radius 3 is 2.41 bits per heavy atom. The molecule has 0 aliphatic heterocycles. The molecule has 0 bridgehead atoms. The SMILES string of the molecule is CC(C)NC(=O)c1cccc(NC(=O)Cc2ccccc2)c1. The number of benzene rings is 2. The number of carbonyl (C=O) groups is 2. The fraction of sp³-hybridized carbons (Fsp3) is 0.222. The second-order valence-corrected chi connectivity index (χ2v) is 5.42. The van der Waals surface area contributed by atoms with E-state index in [9.17, 15) is 9.59 Å². The molecule has 0 unspecified atom stereocenters. The lowest BCUT2D eigenvalue weighted by Crippen LogP contribution is -2.30. The maximum Gasteiger partial charge on any atom is 0.251 e. The molecule has 0 spiro atoms. The van der Waals surface area contributed by atoms with E-state index in [-0.39, 0.29) is 17.9 Å². The van der Waals surface area contributed by atoms with Crippen LogP contribution in [-0.2, 0) is 11.2 Å². The lowest BCUT2D eigenvalue weighted by atomic mass is 10.1. The Hall–Kier alpha value is -2.62. The standard InChI is InChI=1S/C18H20N2O2/c1-13(2)19-18(22)15-9-6-10-16(12-15)20-17(21)11-14-7-4-3-5-8-14/h3-10,12-13H,11H2,1-2H3,(H,19,22)(H,20,21). The maximum absolute atomic E-state index is 12.0. The van der Waals surface area contributed by atoms with Gasteiger partial charge in [-0.25, -0.2) is 0 Å². The zero-order chi connectivity index (χ0) is 15.9. The van der Waals surface area contributed by atoms with Crippen LogP contribution in [0.25, 0.3) is 0 Å². The van der Waals surface area contributed by atoms with Gasteiger partial charge in [0, 0.05) is 17.3 Å². The molecule has 2 aromatic rings. The Morgan fingerprint density at radius 1 is 1.00 bits per heavy atom. The van der Waals surface area contributed by atoms with Crippen molar-refractivity contribution in [2.45, 2.75) is 26.3 Å². The molecule has 2 rings (SSSR count). The number of hydrogen-bond donors (Lipinski definition) is 2. The van der Waals surface area contributed by atoms with Gasteiger partial charge in [0.15, 0.2) is 0 Å². The summed E-state index contributed by atoms with van der Waals surface area (Å²) in [5.74, 6) is -0.248. The highest BCUT2D eigenvalue weighted by Crippen LogP contribution is 2.12. The molecule has 0 aliphatic rings. The van der Waals surface area contributed by atoms with Crippen LogP contribution < -0.4 is 10.6 Å². The first-order chi connectivity index (χ1) is 10.5. The minimum atomic E-state index is -0.144. The van der Waals surface area contributed by atoms with Gasteiger partial charge in [0.1, 0.15) is 0 Å². The predicted octanol–water partition coefficient (Wildman–Crippen LogP) is 3.01. The molecule has 0 fully saturated rings. The van der Waals surface area contributed by atoms with Crippen LogP contribution in [0, 0.1) is 0 Å². The first-order valence-electron chi connectivity index (χ1n) is 7.29. The average Bonchev–Trinajstić information content (AvgIpc) is 2.47. The average molecular weight is 296 g/mol. The number of amides is 2. The molecule has 0 saturated heterocycles. The summed E-state index contributed by atoms with van der Waals surface area (Å²) in [5.41, 5.74) is 2.11. The van der Waals surface area contributed by atoms with Crippen molar-refractivity contribution in [3.63, 3.8) is 0 Å². The highest BCUT2D eigenvalue weighted by molar-refractivity contribution is 5.97. The third-order valence-electron chi connectivity index (χ3n) is 3.04. The highest BCUT2D eigenvalue weighted by Gasteiger charge is 2.09. The van der Waals surface area contributed by atoms with Crippen molar-refractivity contribution in [2.24, 2.45) is 0 Å². The third-order valence-corrected chi connectivity index (χ3v) is 3.04. The van der Waals surface area contributed by atoms with Gasteiger partial charge in [0.05, 0.1) is 6.42 Å². The molecular formula is C18H20N2O2. The van der Waals surface area contributed by atoms with Gasteiger partial charge in [-0.3, -0.25) is 9.59 Å². The Labute approximate surface area is 130 Å². The molecule has 0 heterocycles. The number of carbonyl (C=O) groups excluding carboxylic acids is 2. The van der Waals surface area contributed by atoms with Gasteiger partial charge in [-0.05, 0) is 37.6 Å². The maximum atomic E-state index is 12.0. The first kappa shape index (κ1) is 15.8. The largest absolute Gasteiger partial charge is 0.350 e. The van der Waals surface area contributed by atoms with Gasteiger partial charge in [-0.2, -0.15) is 0 Å². The van der Waals surface area contributed by atoms with E-state index in [1.807, 2.05) is 44.2 Å². The molecule has 4 nitrogen and oxygen atoms in total. The minimum Gasteiger partial charge on any atom is -0.350 e. The Morgan fingerprint density at radius 2 is 1.73 bits per heavy atom. The molecular weight excluding hydrogens is 276 g/mol. The summed E-state index contributed by atoms with van der Waals surface area (Å²) in [6, 6.07) is 16.5. The zero-order valence-electron chi connectivity index (χ0n) is 12.8. The fourth-order valence-corrected chi connectivity index (χ4v) is 2.07. The molecule has 0 aromatic heterocycles. The lowest BCUT2D eigenvalue weighted by molar-refractivity contribution is -0.115. The van der Waals surface area contributed by atoms with Crippen LogP contribution in [0.2, 0.25) is 0 Å². The predicted molar refractivity (Wildman–Crippen MR) is 87.8 cm³/mol. The van der Waals surface area contributed by atoms with Crippen molar-refractivity contribution in [3.8, 4) is 0 Å². The number of rotatable bonds is 5. The molecule has 0 atom stereocenters. The molecule has 4 heteroatoms. The number of nitrogens with one attached hydrogen (secondary N) is 2. The van der Waals surface area contributed by atoms with Crippen LogP contribution in [0.15, 0.2) is 54.6 Å². The molecule has 2 N–H and O–H groups in total. The van der Waals surface area contributed by atoms with Crippen LogP contribution in [-0.4, -0.2) is 17.9 Å². The van der Waals surface area contributed by atoms with E-state index in [4.69, 9.17) is 0 Å². The topological polar surface area (TPSA) is 58.2 Å². The van der Waals surface area contributed by atoms with Crippen molar-refractivity contribution < 1.29 is 9.59 Å². The summed E-state index contributed by atoms with van der Waals surface area (Å²) in [5, 5.41) is 5.65.